The maximum atomic E-state index is 13.7. The first-order valence-corrected chi connectivity index (χ1v) is 11.2. The number of nitrogen functional groups attached to an aromatic ring is 1. The summed E-state index contributed by atoms with van der Waals surface area (Å²) in [5.41, 5.74) is 13.8. The van der Waals surface area contributed by atoms with Gasteiger partial charge in [0.05, 0.1) is 25.8 Å². The van der Waals surface area contributed by atoms with Crippen LogP contribution in [0, 0.1) is 0 Å². The minimum Gasteiger partial charge on any atom is -0.465 e. The van der Waals surface area contributed by atoms with E-state index in [-0.39, 0.29) is 19.1 Å². The Kier molecular flexibility index (Phi) is 6.83. The molecule has 9 heteroatoms. The van der Waals surface area contributed by atoms with Crippen molar-refractivity contribution in [2.24, 2.45) is 5.73 Å². The van der Waals surface area contributed by atoms with Crippen LogP contribution in [0.4, 0.5) is 11.5 Å². The standard InChI is InChI=1S/C25H29N5O4/c1-34-24(32)18-8-4-6-17(12-18)14-30-23(31)13-22(28-11-5-9-20(26)16-28)29(25(30)33)15-19-7-2-3-10-21(19)27/h2-4,6-8,10,12-13,20H,5,9,11,14-16,26-27H2,1H3/t20-/m1/s1. The molecule has 0 aliphatic carbocycles. The molecule has 1 aliphatic rings. The first-order valence-electron chi connectivity index (χ1n) is 11.2. The Balaban J connectivity index is 1.79. The molecule has 178 valence electrons. The van der Waals surface area contributed by atoms with E-state index in [4.69, 9.17) is 16.2 Å². The van der Waals surface area contributed by atoms with Crippen LogP contribution in [0.15, 0.2) is 64.2 Å². The number of esters is 1. The van der Waals surface area contributed by atoms with Crippen LogP contribution in [0.1, 0.15) is 34.3 Å². The van der Waals surface area contributed by atoms with Gasteiger partial charge in [0.2, 0.25) is 0 Å². The highest BCUT2D eigenvalue weighted by atomic mass is 16.5. The molecule has 2 aromatic carbocycles. The molecule has 0 unspecified atom stereocenters. The molecule has 1 saturated heterocycles. The summed E-state index contributed by atoms with van der Waals surface area (Å²) in [6.07, 6.45) is 1.78. The van der Waals surface area contributed by atoms with Crippen LogP contribution in [0.5, 0.6) is 0 Å². The number of para-hydroxylation sites is 1. The van der Waals surface area contributed by atoms with Crippen molar-refractivity contribution >= 4 is 17.5 Å². The number of nitrogens with zero attached hydrogens (tertiary/aromatic N) is 3. The monoisotopic (exact) mass is 463 g/mol. The summed E-state index contributed by atoms with van der Waals surface area (Å²) >= 11 is 0. The number of methoxy groups -OCH3 is 1. The van der Waals surface area contributed by atoms with Crippen molar-refractivity contribution in [2.45, 2.75) is 32.0 Å². The quantitative estimate of drug-likeness (QED) is 0.418. The summed E-state index contributed by atoms with van der Waals surface area (Å²) < 4.78 is 7.52. The van der Waals surface area contributed by atoms with E-state index in [1.165, 1.54) is 17.7 Å². The number of aromatic nitrogens is 2. The Hall–Kier alpha value is -3.85. The van der Waals surface area contributed by atoms with Crippen LogP contribution in [-0.2, 0) is 17.8 Å². The summed E-state index contributed by atoms with van der Waals surface area (Å²) in [6.45, 7) is 1.51. The fraction of sp³-hybridized carbons (Fsp3) is 0.320. The van der Waals surface area contributed by atoms with Gasteiger partial charge in [-0.1, -0.05) is 30.3 Å². The van der Waals surface area contributed by atoms with Crippen LogP contribution in [-0.4, -0.2) is 41.3 Å². The van der Waals surface area contributed by atoms with Crippen molar-refractivity contribution in [1.29, 1.82) is 0 Å². The van der Waals surface area contributed by atoms with E-state index >= 15 is 0 Å². The van der Waals surface area contributed by atoms with E-state index < -0.39 is 17.2 Å². The average Bonchev–Trinajstić information content (AvgIpc) is 2.84. The molecule has 9 nitrogen and oxygen atoms in total. The van der Waals surface area contributed by atoms with Gasteiger partial charge in [-0.25, -0.2) is 9.59 Å². The van der Waals surface area contributed by atoms with Gasteiger partial charge >= 0.3 is 11.7 Å². The Labute approximate surface area is 197 Å². The second kappa shape index (κ2) is 9.96. The number of benzene rings is 2. The lowest BCUT2D eigenvalue weighted by Crippen LogP contribution is -2.48. The van der Waals surface area contributed by atoms with Gasteiger partial charge in [-0.15, -0.1) is 0 Å². The van der Waals surface area contributed by atoms with Crippen molar-refractivity contribution < 1.29 is 9.53 Å². The van der Waals surface area contributed by atoms with Gasteiger partial charge in [0, 0.05) is 30.9 Å². The molecule has 1 fully saturated rings. The number of ether oxygens (including phenoxy) is 1. The molecule has 1 aromatic heterocycles. The largest absolute Gasteiger partial charge is 0.465 e. The van der Waals surface area contributed by atoms with Crippen molar-refractivity contribution in [3.8, 4) is 0 Å². The minimum atomic E-state index is -0.483. The van der Waals surface area contributed by atoms with E-state index in [9.17, 15) is 14.4 Å². The maximum absolute atomic E-state index is 13.7. The first kappa shape index (κ1) is 23.3. The summed E-state index contributed by atoms with van der Waals surface area (Å²) in [5.74, 6) is 0.0518. The average molecular weight is 464 g/mol. The molecule has 0 spiro atoms. The van der Waals surface area contributed by atoms with Gasteiger partial charge in [0.15, 0.2) is 0 Å². The van der Waals surface area contributed by atoms with Crippen LogP contribution < -0.4 is 27.6 Å². The Morgan fingerprint density at radius 2 is 1.85 bits per heavy atom. The van der Waals surface area contributed by atoms with Crippen LogP contribution in [0.25, 0.3) is 0 Å². The fourth-order valence-corrected chi connectivity index (χ4v) is 4.32. The first-order chi connectivity index (χ1) is 16.4. The number of nitrogens with two attached hydrogens (primary N) is 2. The number of piperidine rings is 1. The van der Waals surface area contributed by atoms with Gasteiger partial charge < -0.3 is 21.1 Å². The summed E-state index contributed by atoms with van der Waals surface area (Å²) in [4.78, 5) is 40.7. The Bertz CT molecular complexity index is 1310. The molecule has 2 heterocycles. The van der Waals surface area contributed by atoms with Gasteiger partial charge in [0.25, 0.3) is 5.56 Å². The van der Waals surface area contributed by atoms with E-state index in [1.54, 1.807) is 34.9 Å². The Morgan fingerprint density at radius 3 is 2.59 bits per heavy atom. The molecule has 1 aliphatic heterocycles. The molecule has 1 atom stereocenters. The van der Waals surface area contributed by atoms with Crippen molar-refractivity contribution in [2.75, 3.05) is 30.8 Å². The van der Waals surface area contributed by atoms with Crippen molar-refractivity contribution in [3.63, 3.8) is 0 Å². The van der Waals surface area contributed by atoms with Gasteiger partial charge in [-0.05, 0) is 42.2 Å². The number of carbonyl (C=O) groups excluding carboxylic acids is 1. The smallest absolute Gasteiger partial charge is 0.337 e. The molecule has 0 bridgehead atoms. The zero-order valence-electron chi connectivity index (χ0n) is 19.1. The summed E-state index contributed by atoms with van der Waals surface area (Å²) in [7, 11) is 1.30. The predicted octanol–water partition coefficient (Wildman–Crippen LogP) is 1.40. The number of hydrogen-bond acceptors (Lipinski definition) is 7. The van der Waals surface area contributed by atoms with Gasteiger partial charge in [-0.2, -0.15) is 0 Å². The lowest BCUT2D eigenvalue weighted by atomic mass is 10.1. The second-order valence-electron chi connectivity index (χ2n) is 8.53. The van der Waals surface area contributed by atoms with Crippen molar-refractivity contribution in [1.82, 2.24) is 9.13 Å². The highest BCUT2D eigenvalue weighted by molar-refractivity contribution is 5.89. The fourth-order valence-electron chi connectivity index (χ4n) is 4.32. The Morgan fingerprint density at radius 1 is 1.06 bits per heavy atom. The van der Waals surface area contributed by atoms with Gasteiger partial charge in [0.1, 0.15) is 5.82 Å². The van der Waals surface area contributed by atoms with Gasteiger partial charge in [-0.3, -0.25) is 13.9 Å². The summed E-state index contributed by atoms with van der Waals surface area (Å²) in [6, 6.07) is 15.5. The zero-order valence-corrected chi connectivity index (χ0v) is 19.1. The van der Waals surface area contributed by atoms with E-state index in [0.29, 0.717) is 35.7 Å². The number of rotatable bonds is 6. The van der Waals surface area contributed by atoms with E-state index in [0.717, 1.165) is 18.4 Å². The normalized spacial score (nSPS) is 15.8. The molecule has 4 N–H and O–H groups in total. The molecule has 4 rings (SSSR count). The number of anilines is 2. The molecule has 0 saturated carbocycles. The third-order valence-electron chi connectivity index (χ3n) is 6.11. The SMILES string of the molecule is COC(=O)c1cccc(Cn2c(=O)cc(N3CCC[C@@H](N)C3)n(Cc3ccccc3N)c2=O)c1. The zero-order chi connectivity index (χ0) is 24.2. The number of hydrogen-bond donors (Lipinski definition) is 2. The molecular weight excluding hydrogens is 434 g/mol. The van der Waals surface area contributed by atoms with Crippen LogP contribution in [0.3, 0.4) is 0 Å². The molecule has 34 heavy (non-hydrogen) atoms. The molecule has 0 radical (unpaired) electrons. The second-order valence-corrected chi connectivity index (χ2v) is 8.53. The number of carbonyl (C=O) groups is 1. The molecule has 0 amide bonds. The highest BCUT2D eigenvalue weighted by Crippen LogP contribution is 2.20. The minimum absolute atomic E-state index is 0.0204. The lowest BCUT2D eigenvalue weighted by molar-refractivity contribution is 0.0600. The maximum Gasteiger partial charge on any atom is 0.337 e. The molecule has 3 aromatic rings. The highest BCUT2D eigenvalue weighted by Gasteiger charge is 2.22. The topological polar surface area (TPSA) is 126 Å². The van der Waals surface area contributed by atoms with Crippen molar-refractivity contribution in [3.05, 3.63) is 92.1 Å². The van der Waals surface area contributed by atoms with E-state index in [2.05, 4.69) is 0 Å². The van der Waals surface area contributed by atoms with Crippen LogP contribution in [0.2, 0.25) is 0 Å². The third-order valence-corrected chi connectivity index (χ3v) is 6.11. The van der Waals surface area contributed by atoms with Crippen LogP contribution >= 0.6 is 0 Å². The van der Waals surface area contributed by atoms with E-state index in [1.807, 2.05) is 23.1 Å². The third kappa shape index (κ3) is 4.89. The molecular formula is C25H29N5O4. The summed E-state index contributed by atoms with van der Waals surface area (Å²) in [5, 5.41) is 0. The lowest BCUT2D eigenvalue weighted by Gasteiger charge is -2.34. The predicted molar refractivity (Wildman–Crippen MR) is 131 cm³/mol.